The Balaban J connectivity index is 1.81. The van der Waals surface area contributed by atoms with E-state index in [0.717, 1.165) is 12.8 Å². The molecule has 6 heteroatoms. The summed E-state index contributed by atoms with van der Waals surface area (Å²) in [6, 6.07) is 6.40. The molecule has 1 aliphatic carbocycles. The number of carbonyl (C=O) groups is 1. The average Bonchev–Trinajstić information content (AvgIpc) is 2.78. The summed E-state index contributed by atoms with van der Waals surface area (Å²) < 4.78 is 28.4. The van der Waals surface area contributed by atoms with Crippen molar-refractivity contribution in [2.75, 3.05) is 18.9 Å². The molecule has 0 bridgehead atoms. The third kappa shape index (κ3) is 6.14. The molecule has 1 aromatic rings. The van der Waals surface area contributed by atoms with Crippen LogP contribution in [0.25, 0.3) is 0 Å². The number of likely N-dealkylation sites (N-methyl/N-ethyl adjacent to an activating group) is 1. The Kier molecular flexibility index (Phi) is 6.77. The highest BCUT2D eigenvalue weighted by Gasteiger charge is 2.19. The topological polar surface area (TPSA) is 41.6 Å². The largest absolute Gasteiger partial charge is 0.435 e. The lowest BCUT2D eigenvalue weighted by atomic mass is 10.1. The van der Waals surface area contributed by atoms with Gasteiger partial charge in [0.1, 0.15) is 5.75 Å². The predicted octanol–water partition coefficient (Wildman–Crippen LogP) is 3.88. The van der Waals surface area contributed by atoms with E-state index in [4.69, 9.17) is 0 Å². The highest BCUT2D eigenvalue weighted by molar-refractivity contribution is 5.92. The molecule has 0 unspecified atom stereocenters. The van der Waals surface area contributed by atoms with Gasteiger partial charge in [-0.25, -0.2) is 0 Å². The van der Waals surface area contributed by atoms with E-state index in [0.29, 0.717) is 18.3 Å². The van der Waals surface area contributed by atoms with Crippen LogP contribution in [0.2, 0.25) is 0 Å². The quantitative estimate of drug-likeness (QED) is 0.807. The minimum Gasteiger partial charge on any atom is -0.435 e. The van der Waals surface area contributed by atoms with Gasteiger partial charge in [-0.1, -0.05) is 25.7 Å². The van der Waals surface area contributed by atoms with Crippen molar-refractivity contribution in [2.24, 2.45) is 0 Å². The van der Waals surface area contributed by atoms with E-state index in [1.165, 1.54) is 37.8 Å². The van der Waals surface area contributed by atoms with E-state index in [9.17, 15) is 13.6 Å². The second kappa shape index (κ2) is 8.82. The van der Waals surface area contributed by atoms with Gasteiger partial charge in [-0.3, -0.25) is 9.69 Å². The Bertz CT molecular complexity index is 486. The Morgan fingerprint density at radius 2 is 1.83 bits per heavy atom. The number of alkyl halides is 2. The molecule has 128 valence electrons. The molecule has 1 aliphatic rings. The fourth-order valence-electron chi connectivity index (χ4n) is 2.97. The fourth-order valence-corrected chi connectivity index (χ4v) is 2.97. The molecule has 0 heterocycles. The lowest BCUT2D eigenvalue weighted by molar-refractivity contribution is -0.117. The molecule has 1 amide bonds. The number of ether oxygens (including phenoxy) is 1. The molecule has 1 saturated carbocycles. The normalized spacial score (nSPS) is 16.4. The van der Waals surface area contributed by atoms with Crippen LogP contribution in [0.3, 0.4) is 0 Å². The van der Waals surface area contributed by atoms with Crippen LogP contribution in [-0.2, 0) is 4.79 Å². The van der Waals surface area contributed by atoms with Gasteiger partial charge >= 0.3 is 6.61 Å². The minimum absolute atomic E-state index is 0.0774. The van der Waals surface area contributed by atoms with E-state index in [1.807, 2.05) is 7.05 Å². The summed E-state index contributed by atoms with van der Waals surface area (Å²) in [5.74, 6) is -0.0205. The van der Waals surface area contributed by atoms with Crippen molar-refractivity contribution in [3.8, 4) is 5.75 Å². The molecular formula is C17H24F2N2O2. The lowest BCUT2D eigenvalue weighted by Gasteiger charge is -2.26. The van der Waals surface area contributed by atoms with Gasteiger partial charge in [-0.15, -0.1) is 0 Å². The van der Waals surface area contributed by atoms with Gasteiger partial charge in [0.15, 0.2) is 0 Å². The number of hydrogen-bond donors (Lipinski definition) is 1. The predicted molar refractivity (Wildman–Crippen MR) is 85.8 cm³/mol. The molecule has 0 saturated heterocycles. The fraction of sp³-hybridized carbons (Fsp3) is 0.588. The van der Waals surface area contributed by atoms with Gasteiger partial charge in [0.05, 0.1) is 6.54 Å². The number of benzene rings is 1. The molecule has 2 rings (SSSR count). The molecule has 0 aromatic heterocycles. The third-order valence-electron chi connectivity index (χ3n) is 4.20. The Labute approximate surface area is 135 Å². The highest BCUT2D eigenvalue weighted by atomic mass is 19.3. The van der Waals surface area contributed by atoms with Crippen molar-refractivity contribution in [2.45, 2.75) is 51.2 Å². The van der Waals surface area contributed by atoms with Crippen molar-refractivity contribution in [1.82, 2.24) is 4.90 Å². The second-order valence-corrected chi connectivity index (χ2v) is 6.01. The number of carbonyl (C=O) groups excluding carboxylic acids is 1. The Morgan fingerprint density at radius 1 is 1.22 bits per heavy atom. The molecule has 0 spiro atoms. The summed E-state index contributed by atoms with van der Waals surface area (Å²) in [4.78, 5) is 14.2. The van der Waals surface area contributed by atoms with Gasteiger partial charge in [0.25, 0.3) is 0 Å². The van der Waals surface area contributed by atoms with Crippen LogP contribution in [0, 0.1) is 0 Å². The van der Waals surface area contributed by atoms with Gasteiger partial charge in [0, 0.05) is 11.7 Å². The first-order chi connectivity index (χ1) is 11.0. The van der Waals surface area contributed by atoms with Gasteiger partial charge in [-0.2, -0.15) is 8.78 Å². The van der Waals surface area contributed by atoms with Crippen LogP contribution < -0.4 is 10.1 Å². The number of halogens is 2. The molecule has 1 fully saturated rings. The van der Waals surface area contributed by atoms with E-state index >= 15 is 0 Å². The number of nitrogens with zero attached hydrogens (tertiary/aromatic N) is 1. The second-order valence-electron chi connectivity index (χ2n) is 6.01. The first-order valence-corrected chi connectivity index (χ1v) is 8.09. The first-order valence-electron chi connectivity index (χ1n) is 8.09. The third-order valence-corrected chi connectivity index (χ3v) is 4.20. The van der Waals surface area contributed by atoms with Crippen molar-refractivity contribution in [3.05, 3.63) is 24.3 Å². The van der Waals surface area contributed by atoms with Crippen LogP contribution in [0.5, 0.6) is 5.75 Å². The van der Waals surface area contributed by atoms with Gasteiger partial charge < -0.3 is 10.1 Å². The maximum atomic E-state index is 12.1. The molecule has 4 nitrogen and oxygen atoms in total. The average molecular weight is 326 g/mol. The summed E-state index contributed by atoms with van der Waals surface area (Å²) >= 11 is 0. The van der Waals surface area contributed by atoms with Crippen molar-refractivity contribution in [1.29, 1.82) is 0 Å². The van der Waals surface area contributed by atoms with Crippen LogP contribution in [0.1, 0.15) is 38.5 Å². The van der Waals surface area contributed by atoms with Gasteiger partial charge in [0.2, 0.25) is 5.91 Å². The van der Waals surface area contributed by atoms with E-state index in [2.05, 4.69) is 15.0 Å². The molecule has 23 heavy (non-hydrogen) atoms. The molecule has 1 N–H and O–H groups in total. The number of amides is 1. The van der Waals surface area contributed by atoms with Crippen LogP contribution >= 0.6 is 0 Å². The number of nitrogens with one attached hydrogen (secondary N) is 1. The molecule has 0 aliphatic heterocycles. The number of hydrogen-bond acceptors (Lipinski definition) is 3. The zero-order chi connectivity index (χ0) is 16.7. The summed E-state index contributed by atoms with van der Waals surface area (Å²) in [5, 5.41) is 2.78. The smallest absolute Gasteiger partial charge is 0.387 e. The maximum Gasteiger partial charge on any atom is 0.387 e. The number of anilines is 1. The molecule has 1 aromatic carbocycles. The lowest BCUT2D eigenvalue weighted by Crippen LogP contribution is -2.37. The SMILES string of the molecule is CN(CC(=O)Nc1ccc(OC(F)F)cc1)C1CCCCCC1. The van der Waals surface area contributed by atoms with E-state index in [1.54, 1.807) is 12.1 Å². The van der Waals surface area contributed by atoms with Crippen LogP contribution in [0.15, 0.2) is 24.3 Å². The van der Waals surface area contributed by atoms with E-state index in [-0.39, 0.29) is 11.7 Å². The van der Waals surface area contributed by atoms with Crippen LogP contribution in [0.4, 0.5) is 14.5 Å². The van der Waals surface area contributed by atoms with Crippen molar-refractivity contribution >= 4 is 11.6 Å². The van der Waals surface area contributed by atoms with Crippen molar-refractivity contribution < 1.29 is 18.3 Å². The Morgan fingerprint density at radius 3 is 2.39 bits per heavy atom. The summed E-state index contributed by atoms with van der Waals surface area (Å²) in [6.07, 6.45) is 7.30. The summed E-state index contributed by atoms with van der Waals surface area (Å²) in [7, 11) is 1.98. The van der Waals surface area contributed by atoms with Gasteiger partial charge in [-0.05, 0) is 44.2 Å². The molecular weight excluding hydrogens is 302 g/mol. The standard InChI is InChI=1S/C17H24F2N2O2/c1-21(14-6-4-2-3-5-7-14)12-16(22)20-13-8-10-15(11-9-13)23-17(18)19/h8-11,14,17H,2-7,12H2,1H3,(H,20,22). The zero-order valence-electron chi connectivity index (χ0n) is 13.4. The Hall–Kier alpha value is -1.69. The number of rotatable bonds is 6. The van der Waals surface area contributed by atoms with Crippen molar-refractivity contribution in [3.63, 3.8) is 0 Å². The monoisotopic (exact) mass is 326 g/mol. The summed E-state index contributed by atoms with van der Waals surface area (Å²) in [6.45, 7) is -2.51. The van der Waals surface area contributed by atoms with Crippen LogP contribution in [-0.4, -0.2) is 37.1 Å². The van der Waals surface area contributed by atoms with E-state index < -0.39 is 6.61 Å². The maximum absolute atomic E-state index is 12.1. The molecule has 0 radical (unpaired) electrons. The molecule has 0 atom stereocenters. The minimum atomic E-state index is -2.84. The first kappa shape index (κ1) is 17.7. The summed E-state index contributed by atoms with van der Waals surface area (Å²) in [5.41, 5.74) is 0.575. The zero-order valence-corrected chi connectivity index (χ0v) is 13.4. The highest BCUT2D eigenvalue weighted by Crippen LogP contribution is 2.21.